The molecule has 0 atom stereocenters. The van der Waals surface area contributed by atoms with Crippen LogP contribution in [0.5, 0.6) is 5.75 Å². The first kappa shape index (κ1) is 24.5. The van der Waals surface area contributed by atoms with E-state index in [0.717, 1.165) is 12.1 Å². The zero-order valence-electron chi connectivity index (χ0n) is 19.0. The zero-order valence-corrected chi connectivity index (χ0v) is 19.0. The van der Waals surface area contributed by atoms with E-state index >= 15 is 0 Å². The number of carbonyl (C=O) groups excluding carboxylic acids is 2. The minimum Gasteiger partial charge on any atom is -0.406 e. The predicted molar refractivity (Wildman–Crippen MR) is 120 cm³/mol. The maximum absolute atomic E-state index is 14.6. The van der Waals surface area contributed by atoms with E-state index in [9.17, 15) is 31.5 Å². The molecular weight excluding hydrogens is 503 g/mol. The van der Waals surface area contributed by atoms with Crippen LogP contribution in [-0.2, 0) is 9.59 Å². The van der Waals surface area contributed by atoms with E-state index in [0.29, 0.717) is 28.1 Å². The molecule has 194 valence electrons. The van der Waals surface area contributed by atoms with Crippen molar-refractivity contribution < 1.29 is 36.3 Å². The Morgan fingerprint density at radius 2 is 1.78 bits per heavy atom. The van der Waals surface area contributed by atoms with E-state index in [-0.39, 0.29) is 32.1 Å². The van der Waals surface area contributed by atoms with Gasteiger partial charge in [-0.2, -0.15) is 5.10 Å². The number of ether oxygens (including phenoxy) is 1. The molecule has 2 amide bonds. The molecule has 2 aliphatic heterocycles. The summed E-state index contributed by atoms with van der Waals surface area (Å²) in [5.41, 5.74) is 4.63. The van der Waals surface area contributed by atoms with Crippen LogP contribution in [0.3, 0.4) is 0 Å². The normalized spacial score (nSPS) is 17.3. The molecule has 2 aromatic heterocycles. The first-order valence-corrected chi connectivity index (χ1v) is 11.0. The molecule has 9 nitrogen and oxygen atoms in total. The third-order valence-electron chi connectivity index (χ3n) is 6.34. The minimum atomic E-state index is -4.85. The number of amides is 2. The van der Waals surface area contributed by atoms with Crippen LogP contribution in [0.2, 0.25) is 0 Å². The van der Waals surface area contributed by atoms with Gasteiger partial charge in [0.1, 0.15) is 5.75 Å². The first-order chi connectivity index (χ1) is 17.4. The number of alkyl halides is 4. The molecule has 3 aromatic rings. The number of hydrogen-bond acceptors (Lipinski definition) is 6. The molecule has 5 rings (SSSR count). The molecule has 2 fully saturated rings. The molecule has 14 heteroatoms. The standard InChI is InChI=1S/C23H19F5N6O3/c1-12(24)20(35)32-8-13(9-32)18-17-16(33-10-22(25,11-33)21(29)36)6-7-30-19(17)34(31-18)14-2-4-15(5-3-14)37-23(26,27)28/h2-7,13H,1,8-11H2,(H2,29,36). The maximum Gasteiger partial charge on any atom is 0.573 e. The van der Waals surface area contributed by atoms with Gasteiger partial charge >= 0.3 is 6.36 Å². The van der Waals surface area contributed by atoms with Gasteiger partial charge in [-0.3, -0.25) is 9.59 Å². The number of likely N-dealkylation sites (tertiary alicyclic amines) is 1. The van der Waals surface area contributed by atoms with Crippen LogP contribution in [0.1, 0.15) is 11.6 Å². The Labute approximate surface area is 205 Å². The summed E-state index contributed by atoms with van der Waals surface area (Å²) in [6, 6.07) is 6.58. The molecule has 0 saturated carbocycles. The lowest BCUT2D eigenvalue weighted by Crippen LogP contribution is -2.65. The van der Waals surface area contributed by atoms with Gasteiger partial charge in [0.05, 0.1) is 35.5 Å². The molecule has 0 aliphatic carbocycles. The Bertz CT molecular complexity index is 1410. The summed E-state index contributed by atoms with van der Waals surface area (Å²) in [4.78, 5) is 30.6. The number of nitrogens with zero attached hydrogens (tertiary/aromatic N) is 5. The summed E-state index contributed by atoms with van der Waals surface area (Å²) < 4.78 is 70.9. The smallest absolute Gasteiger partial charge is 0.406 e. The maximum atomic E-state index is 14.6. The third-order valence-corrected chi connectivity index (χ3v) is 6.34. The fourth-order valence-electron chi connectivity index (χ4n) is 4.44. The number of rotatable bonds is 6. The van der Waals surface area contributed by atoms with Crippen molar-refractivity contribution in [2.75, 3.05) is 31.1 Å². The van der Waals surface area contributed by atoms with Crippen LogP contribution >= 0.6 is 0 Å². The lowest BCUT2D eigenvalue weighted by atomic mass is 9.91. The van der Waals surface area contributed by atoms with Gasteiger partial charge in [-0.1, -0.05) is 6.58 Å². The van der Waals surface area contributed by atoms with Crippen molar-refractivity contribution in [3.05, 3.63) is 54.6 Å². The summed E-state index contributed by atoms with van der Waals surface area (Å²) in [6.07, 6.45) is -3.40. The lowest BCUT2D eigenvalue weighted by Gasteiger charge is -2.44. The highest BCUT2D eigenvalue weighted by molar-refractivity contribution is 5.97. The molecule has 2 saturated heterocycles. The van der Waals surface area contributed by atoms with Gasteiger partial charge in [-0.05, 0) is 30.3 Å². The van der Waals surface area contributed by atoms with E-state index in [2.05, 4.69) is 21.4 Å². The Morgan fingerprint density at radius 3 is 2.35 bits per heavy atom. The van der Waals surface area contributed by atoms with Gasteiger partial charge < -0.3 is 20.3 Å². The van der Waals surface area contributed by atoms with Crippen molar-refractivity contribution in [3.63, 3.8) is 0 Å². The summed E-state index contributed by atoms with van der Waals surface area (Å²) in [7, 11) is 0. The fraction of sp³-hybridized carbons (Fsp3) is 0.304. The van der Waals surface area contributed by atoms with Crippen LogP contribution in [0, 0.1) is 0 Å². The Hall–Kier alpha value is -4.23. The summed E-state index contributed by atoms with van der Waals surface area (Å²) >= 11 is 0. The third kappa shape index (κ3) is 4.32. The number of nitrogens with two attached hydrogens (primary N) is 1. The SMILES string of the molecule is C=C(F)C(=O)N1CC(c2nn(-c3ccc(OC(F)(F)F)cc3)c3nccc(N4CC(F)(C(N)=O)C4)c23)C1. The van der Waals surface area contributed by atoms with Gasteiger partial charge in [-0.15, -0.1) is 13.2 Å². The van der Waals surface area contributed by atoms with Crippen LogP contribution in [-0.4, -0.2) is 69.7 Å². The Kier molecular flexibility index (Phi) is 5.57. The topological polar surface area (TPSA) is 107 Å². The van der Waals surface area contributed by atoms with E-state index in [4.69, 9.17) is 5.73 Å². The Balaban J connectivity index is 1.54. The molecule has 0 bridgehead atoms. The number of hydrogen-bond donors (Lipinski definition) is 1. The number of anilines is 1. The molecular formula is C23H19F5N6O3. The second kappa shape index (κ2) is 8.42. The average molecular weight is 522 g/mol. The molecule has 37 heavy (non-hydrogen) atoms. The molecule has 0 unspecified atom stereocenters. The summed E-state index contributed by atoms with van der Waals surface area (Å²) in [6.45, 7) is 2.71. The highest BCUT2D eigenvalue weighted by Gasteiger charge is 2.50. The van der Waals surface area contributed by atoms with Gasteiger partial charge in [0, 0.05) is 25.2 Å². The van der Waals surface area contributed by atoms with E-state index < -0.39 is 35.4 Å². The quantitative estimate of drug-likeness (QED) is 0.394. The van der Waals surface area contributed by atoms with Crippen molar-refractivity contribution >= 4 is 28.5 Å². The molecule has 2 aliphatic rings. The van der Waals surface area contributed by atoms with Gasteiger partial charge in [0.2, 0.25) is 5.67 Å². The molecule has 0 spiro atoms. The van der Waals surface area contributed by atoms with Crippen LogP contribution in [0.4, 0.5) is 27.6 Å². The highest BCUT2D eigenvalue weighted by Crippen LogP contribution is 2.41. The fourth-order valence-corrected chi connectivity index (χ4v) is 4.44. The van der Waals surface area contributed by atoms with Crippen LogP contribution in [0.25, 0.3) is 16.7 Å². The van der Waals surface area contributed by atoms with Gasteiger partial charge in [0.15, 0.2) is 11.5 Å². The van der Waals surface area contributed by atoms with E-state index in [1.54, 1.807) is 11.0 Å². The first-order valence-electron chi connectivity index (χ1n) is 11.0. The van der Waals surface area contributed by atoms with E-state index in [1.807, 2.05) is 0 Å². The molecule has 4 heterocycles. The number of benzene rings is 1. The second-order valence-corrected chi connectivity index (χ2v) is 8.87. The molecule has 1 aromatic carbocycles. The number of aromatic nitrogens is 3. The minimum absolute atomic E-state index is 0.134. The summed E-state index contributed by atoms with van der Waals surface area (Å²) in [5.74, 6) is -3.78. The van der Waals surface area contributed by atoms with Crippen LogP contribution in [0.15, 0.2) is 48.9 Å². The highest BCUT2D eigenvalue weighted by atomic mass is 19.4. The van der Waals surface area contributed by atoms with Crippen molar-refractivity contribution in [2.24, 2.45) is 5.73 Å². The second-order valence-electron chi connectivity index (χ2n) is 8.87. The van der Waals surface area contributed by atoms with Crippen molar-refractivity contribution in [3.8, 4) is 11.4 Å². The average Bonchev–Trinajstić information content (AvgIpc) is 3.14. The lowest BCUT2D eigenvalue weighted by molar-refractivity contribution is -0.274. The van der Waals surface area contributed by atoms with Gasteiger partial charge in [-0.25, -0.2) is 18.4 Å². The van der Waals surface area contributed by atoms with Crippen molar-refractivity contribution in [1.29, 1.82) is 0 Å². The number of carbonyl (C=O) groups is 2. The summed E-state index contributed by atoms with van der Waals surface area (Å²) in [5, 5.41) is 5.12. The number of pyridine rings is 1. The molecule has 0 radical (unpaired) electrons. The van der Waals surface area contributed by atoms with Crippen LogP contribution < -0.4 is 15.4 Å². The largest absolute Gasteiger partial charge is 0.573 e. The molecule has 2 N–H and O–H groups in total. The Morgan fingerprint density at radius 1 is 1.14 bits per heavy atom. The van der Waals surface area contributed by atoms with Crippen molar-refractivity contribution in [1.82, 2.24) is 19.7 Å². The van der Waals surface area contributed by atoms with Gasteiger partial charge in [0.25, 0.3) is 11.8 Å². The van der Waals surface area contributed by atoms with E-state index in [1.165, 1.54) is 27.9 Å². The number of primary amides is 1. The zero-order chi connectivity index (χ0) is 26.7. The van der Waals surface area contributed by atoms with Crippen molar-refractivity contribution in [2.45, 2.75) is 17.9 Å². The monoisotopic (exact) mass is 522 g/mol. The predicted octanol–water partition coefficient (Wildman–Crippen LogP) is 2.74. The number of fused-ring (bicyclic) bond motifs is 1. The number of halogens is 5.